The van der Waals surface area contributed by atoms with Gasteiger partial charge in [-0.15, -0.1) is 0 Å². The Labute approximate surface area is 118 Å². The number of nitrogens with one attached hydrogen (secondary N) is 1. The topological polar surface area (TPSA) is 41.6 Å². The average molecular weight is 280 g/mol. The summed E-state index contributed by atoms with van der Waals surface area (Å²) in [6.45, 7) is 1.51. The number of benzene rings is 1. The number of carbonyl (C=O) groups is 1. The van der Waals surface area contributed by atoms with Gasteiger partial charge in [0, 0.05) is 13.1 Å². The Morgan fingerprint density at radius 1 is 1.50 bits per heavy atom. The van der Waals surface area contributed by atoms with Crippen LogP contribution < -0.4 is 5.43 Å². The summed E-state index contributed by atoms with van der Waals surface area (Å²) in [5.41, 5.74) is 4.21. The molecule has 0 saturated carbocycles. The van der Waals surface area contributed by atoms with E-state index in [1.165, 1.54) is 19.2 Å². The fraction of sp³-hybridized carbons (Fsp3) is 0.533. The van der Waals surface area contributed by atoms with Gasteiger partial charge in [0.05, 0.1) is 7.11 Å². The number of carbonyl (C=O) groups excluding carboxylic acids is 1. The van der Waals surface area contributed by atoms with E-state index in [0.29, 0.717) is 6.54 Å². The zero-order valence-corrected chi connectivity index (χ0v) is 11.8. The lowest BCUT2D eigenvalue weighted by molar-refractivity contribution is -0.150. The summed E-state index contributed by atoms with van der Waals surface area (Å²) >= 11 is 0. The largest absolute Gasteiger partial charge is 0.468 e. The van der Waals surface area contributed by atoms with Crippen molar-refractivity contribution in [3.63, 3.8) is 0 Å². The highest BCUT2D eigenvalue weighted by Gasteiger charge is 2.29. The third-order valence-electron chi connectivity index (χ3n) is 3.59. The second-order valence-corrected chi connectivity index (χ2v) is 5.02. The average Bonchev–Trinajstić information content (AvgIpc) is 2.47. The van der Waals surface area contributed by atoms with Crippen LogP contribution in [0.3, 0.4) is 0 Å². The number of piperidine rings is 1. The van der Waals surface area contributed by atoms with Crippen molar-refractivity contribution >= 4 is 5.97 Å². The lowest BCUT2D eigenvalue weighted by Gasteiger charge is -2.33. The summed E-state index contributed by atoms with van der Waals surface area (Å²) in [5.74, 6) is -0.407. The molecule has 0 amide bonds. The Hall–Kier alpha value is -1.46. The van der Waals surface area contributed by atoms with Crippen molar-refractivity contribution < 1.29 is 13.9 Å². The highest BCUT2D eigenvalue weighted by Crippen LogP contribution is 2.16. The van der Waals surface area contributed by atoms with Crippen LogP contribution in [-0.4, -0.2) is 37.2 Å². The quantitative estimate of drug-likeness (QED) is 0.837. The van der Waals surface area contributed by atoms with Crippen LogP contribution in [0.4, 0.5) is 4.39 Å². The minimum absolute atomic E-state index is 0.192. The third-order valence-corrected chi connectivity index (χ3v) is 3.59. The second kappa shape index (κ2) is 7.36. The van der Waals surface area contributed by atoms with E-state index in [4.69, 9.17) is 4.74 Å². The molecule has 1 fully saturated rings. The maximum Gasteiger partial charge on any atom is 0.324 e. The molecule has 1 aromatic carbocycles. The molecule has 110 valence electrons. The molecular formula is C15H21FN2O2. The minimum Gasteiger partial charge on any atom is -0.468 e. The van der Waals surface area contributed by atoms with E-state index >= 15 is 0 Å². The number of hydrogen-bond acceptors (Lipinski definition) is 4. The van der Waals surface area contributed by atoms with E-state index in [1.54, 1.807) is 6.07 Å². The number of halogens is 1. The molecule has 0 unspecified atom stereocenters. The summed E-state index contributed by atoms with van der Waals surface area (Å²) in [7, 11) is 1.42. The molecule has 0 spiro atoms. The van der Waals surface area contributed by atoms with Gasteiger partial charge in [0.15, 0.2) is 0 Å². The number of methoxy groups -OCH3 is 1. The first-order valence-electron chi connectivity index (χ1n) is 7.03. The monoisotopic (exact) mass is 280 g/mol. The smallest absolute Gasteiger partial charge is 0.324 e. The molecule has 0 aliphatic carbocycles. The maximum absolute atomic E-state index is 13.1. The first-order valence-corrected chi connectivity index (χ1v) is 7.03. The zero-order valence-electron chi connectivity index (χ0n) is 11.8. The normalized spacial score (nSPS) is 19.8. The Balaban J connectivity index is 1.84. The van der Waals surface area contributed by atoms with Crippen LogP contribution in [0.1, 0.15) is 24.8 Å². The van der Waals surface area contributed by atoms with E-state index in [2.05, 4.69) is 5.43 Å². The van der Waals surface area contributed by atoms with Crippen LogP contribution in [-0.2, 0) is 16.0 Å². The number of hydrazine groups is 1. The van der Waals surface area contributed by atoms with Gasteiger partial charge in [0.1, 0.15) is 11.9 Å². The number of nitrogens with zero attached hydrogens (tertiary/aromatic N) is 1. The van der Waals surface area contributed by atoms with Gasteiger partial charge in [-0.05, 0) is 43.4 Å². The van der Waals surface area contributed by atoms with Crippen LogP contribution in [0, 0.1) is 5.82 Å². The zero-order chi connectivity index (χ0) is 14.4. The van der Waals surface area contributed by atoms with Crippen molar-refractivity contribution in [3.8, 4) is 0 Å². The standard InChI is InChI=1S/C15H21FN2O2/c1-20-15(19)14-7-2-3-10-18(14)17-9-8-12-5-4-6-13(16)11-12/h4-6,11,14,17H,2-3,7-10H2,1H3/t14-/m1/s1. The Morgan fingerprint density at radius 3 is 3.10 bits per heavy atom. The Morgan fingerprint density at radius 2 is 2.35 bits per heavy atom. The predicted molar refractivity (Wildman–Crippen MR) is 74.5 cm³/mol. The lowest BCUT2D eigenvalue weighted by atomic mass is 10.0. The molecule has 0 radical (unpaired) electrons. The van der Waals surface area contributed by atoms with Crippen molar-refractivity contribution in [2.24, 2.45) is 0 Å². The molecule has 1 aliphatic heterocycles. The molecular weight excluding hydrogens is 259 g/mol. The molecule has 0 bridgehead atoms. The maximum atomic E-state index is 13.1. The van der Waals surface area contributed by atoms with Crippen LogP contribution >= 0.6 is 0 Å². The Kier molecular flexibility index (Phi) is 5.49. The summed E-state index contributed by atoms with van der Waals surface area (Å²) in [5, 5.41) is 1.95. The third kappa shape index (κ3) is 4.02. The van der Waals surface area contributed by atoms with Crippen LogP contribution in [0.25, 0.3) is 0 Å². The van der Waals surface area contributed by atoms with E-state index in [0.717, 1.165) is 37.8 Å². The SMILES string of the molecule is COC(=O)[C@H]1CCCCN1NCCc1cccc(F)c1. The van der Waals surface area contributed by atoms with Gasteiger partial charge in [0.2, 0.25) is 0 Å². The molecule has 1 N–H and O–H groups in total. The Bertz CT molecular complexity index is 453. The fourth-order valence-electron chi connectivity index (χ4n) is 2.54. The molecule has 1 aromatic rings. The fourth-order valence-corrected chi connectivity index (χ4v) is 2.54. The van der Waals surface area contributed by atoms with Gasteiger partial charge in [-0.2, -0.15) is 0 Å². The van der Waals surface area contributed by atoms with E-state index in [1.807, 2.05) is 11.1 Å². The lowest BCUT2D eigenvalue weighted by Crippen LogP contribution is -2.52. The van der Waals surface area contributed by atoms with Gasteiger partial charge in [0.25, 0.3) is 0 Å². The molecule has 0 aromatic heterocycles. The van der Waals surface area contributed by atoms with Crippen molar-refractivity contribution in [2.75, 3.05) is 20.2 Å². The molecule has 5 heteroatoms. The predicted octanol–water partition coefficient (Wildman–Crippen LogP) is 1.90. The number of esters is 1. The number of hydrogen-bond donors (Lipinski definition) is 1. The van der Waals surface area contributed by atoms with E-state index < -0.39 is 0 Å². The first-order chi connectivity index (χ1) is 9.70. The van der Waals surface area contributed by atoms with Crippen LogP contribution in [0.15, 0.2) is 24.3 Å². The molecule has 1 atom stereocenters. The summed E-state index contributed by atoms with van der Waals surface area (Å²) in [6, 6.07) is 6.38. The van der Waals surface area contributed by atoms with Crippen molar-refractivity contribution in [3.05, 3.63) is 35.6 Å². The summed E-state index contributed by atoms with van der Waals surface area (Å²) in [6.07, 6.45) is 3.66. The van der Waals surface area contributed by atoms with Gasteiger partial charge < -0.3 is 4.74 Å². The van der Waals surface area contributed by atoms with Gasteiger partial charge in [-0.1, -0.05) is 12.1 Å². The molecule has 1 aliphatic rings. The number of ether oxygens (including phenoxy) is 1. The minimum atomic E-state index is -0.215. The molecule has 1 heterocycles. The number of rotatable bonds is 5. The van der Waals surface area contributed by atoms with Crippen LogP contribution in [0.2, 0.25) is 0 Å². The van der Waals surface area contributed by atoms with Crippen molar-refractivity contribution in [1.29, 1.82) is 0 Å². The summed E-state index contributed by atoms with van der Waals surface area (Å²) < 4.78 is 17.9. The van der Waals surface area contributed by atoms with E-state index in [-0.39, 0.29) is 17.8 Å². The van der Waals surface area contributed by atoms with Crippen molar-refractivity contribution in [2.45, 2.75) is 31.7 Å². The van der Waals surface area contributed by atoms with Crippen LogP contribution in [0.5, 0.6) is 0 Å². The summed E-state index contributed by atoms with van der Waals surface area (Å²) in [4.78, 5) is 11.7. The molecule has 1 saturated heterocycles. The first kappa shape index (κ1) is 14.9. The van der Waals surface area contributed by atoms with Gasteiger partial charge in [-0.3, -0.25) is 10.2 Å². The molecule has 2 rings (SSSR count). The van der Waals surface area contributed by atoms with E-state index in [9.17, 15) is 9.18 Å². The highest BCUT2D eigenvalue weighted by molar-refractivity contribution is 5.75. The van der Waals surface area contributed by atoms with Gasteiger partial charge >= 0.3 is 5.97 Å². The molecule has 20 heavy (non-hydrogen) atoms. The highest BCUT2D eigenvalue weighted by atomic mass is 19.1. The second-order valence-electron chi connectivity index (χ2n) is 5.02. The molecule has 4 nitrogen and oxygen atoms in total. The van der Waals surface area contributed by atoms with Crippen molar-refractivity contribution in [1.82, 2.24) is 10.4 Å². The van der Waals surface area contributed by atoms with Gasteiger partial charge in [-0.25, -0.2) is 9.40 Å².